The molecule has 3 heteroatoms. The van der Waals surface area contributed by atoms with E-state index in [0.717, 1.165) is 12.1 Å². The van der Waals surface area contributed by atoms with E-state index in [1.54, 1.807) is 12.3 Å². The number of hydrogen-bond acceptors (Lipinski definition) is 2. The lowest BCUT2D eigenvalue weighted by Gasteiger charge is -2.12. The number of pyridine rings is 1. The van der Waals surface area contributed by atoms with Crippen LogP contribution in [-0.2, 0) is 0 Å². The van der Waals surface area contributed by atoms with E-state index in [4.69, 9.17) is 11.6 Å². The molecule has 0 saturated carbocycles. The smallest absolute Gasteiger partial charge is 0.0591 e. The van der Waals surface area contributed by atoms with Crippen LogP contribution in [0, 0.1) is 0 Å². The number of hydrogen-bond donors (Lipinski definition) is 1. The molecule has 0 spiro atoms. The first-order valence-electron chi connectivity index (χ1n) is 4.17. The zero-order valence-corrected chi connectivity index (χ0v) is 8.38. The molecule has 70 valence electrons. The van der Waals surface area contributed by atoms with Crippen LogP contribution in [0.25, 0.3) is 0 Å². The molecular formula is C10H13ClN2. The van der Waals surface area contributed by atoms with Gasteiger partial charge in [0.1, 0.15) is 0 Å². The van der Waals surface area contributed by atoms with Crippen molar-refractivity contribution in [2.75, 3.05) is 7.05 Å². The first-order valence-corrected chi connectivity index (χ1v) is 4.55. The van der Waals surface area contributed by atoms with Crippen LogP contribution in [0.15, 0.2) is 31.0 Å². The van der Waals surface area contributed by atoms with Gasteiger partial charge in [-0.1, -0.05) is 17.7 Å². The van der Waals surface area contributed by atoms with E-state index in [2.05, 4.69) is 16.9 Å². The summed E-state index contributed by atoms with van der Waals surface area (Å²) in [6, 6.07) is 3.84. The normalized spacial score (nSPS) is 12.5. The lowest BCUT2D eigenvalue weighted by atomic mass is 10.1. The number of aromatic nitrogens is 1. The second-order valence-electron chi connectivity index (χ2n) is 2.76. The van der Waals surface area contributed by atoms with Gasteiger partial charge in [0.2, 0.25) is 0 Å². The molecule has 1 rings (SSSR count). The predicted molar refractivity (Wildman–Crippen MR) is 55.9 cm³/mol. The first-order chi connectivity index (χ1) is 6.27. The number of rotatable bonds is 4. The Labute approximate surface area is 83.6 Å². The van der Waals surface area contributed by atoms with Gasteiger partial charge in [0, 0.05) is 11.2 Å². The Kier molecular flexibility index (Phi) is 3.93. The topological polar surface area (TPSA) is 24.9 Å². The van der Waals surface area contributed by atoms with Gasteiger partial charge in [-0.05, 0) is 25.6 Å². The Morgan fingerprint density at radius 1 is 1.77 bits per heavy atom. The quantitative estimate of drug-likeness (QED) is 0.749. The van der Waals surface area contributed by atoms with Crippen LogP contribution in [0.3, 0.4) is 0 Å². The second-order valence-corrected chi connectivity index (χ2v) is 3.20. The molecule has 0 aliphatic heterocycles. The zero-order valence-electron chi connectivity index (χ0n) is 7.63. The first kappa shape index (κ1) is 10.2. The van der Waals surface area contributed by atoms with E-state index in [0.29, 0.717) is 5.02 Å². The molecule has 1 aromatic rings. The Balaban J connectivity index is 2.84. The average Bonchev–Trinajstić information content (AvgIpc) is 2.14. The van der Waals surface area contributed by atoms with E-state index in [1.165, 1.54) is 0 Å². The highest BCUT2D eigenvalue weighted by atomic mass is 35.5. The second kappa shape index (κ2) is 5.00. The third kappa shape index (κ3) is 2.83. The zero-order chi connectivity index (χ0) is 9.68. The maximum Gasteiger partial charge on any atom is 0.0591 e. The van der Waals surface area contributed by atoms with Crippen molar-refractivity contribution in [1.82, 2.24) is 10.3 Å². The van der Waals surface area contributed by atoms with Crippen molar-refractivity contribution in [1.29, 1.82) is 0 Å². The summed E-state index contributed by atoms with van der Waals surface area (Å²) in [7, 11) is 1.90. The van der Waals surface area contributed by atoms with Crippen molar-refractivity contribution >= 4 is 11.6 Å². The molecule has 1 unspecified atom stereocenters. The van der Waals surface area contributed by atoms with Gasteiger partial charge >= 0.3 is 0 Å². The summed E-state index contributed by atoms with van der Waals surface area (Å²) in [5.74, 6) is 0. The van der Waals surface area contributed by atoms with E-state index in [1.807, 2.05) is 19.2 Å². The van der Waals surface area contributed by atoms with Gasteiger partial charge in [-0.15, -0.1) is 6.58 Å². The molecule has 0 amide bonds. The summed E-state index contributed by atoms with van der Waals surface area (Å²) in [5.41, 5.74) is 0.954. The molecule has 2 nitrogen and oxygen atoms in total. The fraction of sp³-hybridized carbons (Fsp3) is 0.300. The highest BCUT2D eigenvalue weighted by Crippen LogP contribution is 2.17. The molecule has 1 atom stereocenters. The summed E-state index contributed by atoms with van der Waals surface area (Å²) >= 11 is 5.85. The largest absolute Gasteiger partial charge is 0.311 e. The minimum absolute atomic E-state index is 0.205. The van der Waals surface area contributed by atoms with Crippen molar-refractivity contribution in [2.24, 2.45) is 0 Å². The molecule has 1 heterocycles. The van der Waals surface area contributed by atoms with Crippen LogP contribution in [0.2, 0.25) is 5.02 Å². The highest BCUT2D eigenvalue weighted by Gasteiger charge is 2.08. The fourth-order valence-electron chi connectivity index (χ4n) is 1.16. The maximum atomic E-state index is 5.85. The molecule has 0 fully saturated rings. The minimum Gasteiger partial charge on any atom is -0.311 e. The van der Waals surface area contributed by atoms with Gasteiger partial charge in [-0.3, -0.25) is 4.98 Å². The Bertz CT molecular complexity index is 286. The van der Waals surface area contributed by atoms with Crippen molar-refractivity contribution in [3.05, 3.63) is 41.7 Å². The third-order valence-electron chi connectivity index (χ3n) is 1.85. The Morgan fingerprint density at radius 3 is 3.08 bits per heavy atom. The van der Waals surface area contributed by atoms with E-state index in [-0.39, 0.29) is 6.04 Å². The van der Waals surface area contributed by atoms with Gasteiger partial charge in [0.05, 0.1) is 11.7 Å². The fourth-order valence-corrected chi connectivity index (χ4v) is 1.33. The van der Waals surface area contributed by atoms with Gasteiger partial charge in [-0.25, -0.2) is 0 Å². The molecule has 0 bridgehead atoms. The van der Waals surface area contributed by atoms with E-state index >= 15 is 0 Å². The molecule has 13 heavy (non-hydrogen) atoms. The van der Waals surface area contributed by atoms with Crippen LogP contribution >= 0.6 is 11.6 Å². The summed E-state index contributed by atoms with van der Waals surface area (Å²) in [6.45, 7) is 3.70. The lowest BCUT2D eigenvalue weighted by molar-refractivity contribution is 0.587. The van der Waals surface area contributed by atoms with Gasteiger partial charge in [-0.2, -0.15) is 0 Å². The van der Waals surface area contributed by atoms with Crippen LogP contribution in [0.5, 0.6) is 0 Å². The molecule has 0 aliphatic rings. The average molecular weight is 197 g/mol. The van der Waals surface area contributed by atoms with E-state index < -0.39 is 0 Å². The Morgan fingerprint density at radius 2 is 2.54 bits per heavy atom. The molecule has 0 aromatic carbocycles. The molecule has 0 aliphatic carbocycles. The summed E-state index contributed by atoms with van der Waals surface area (Å²) in [5, 5.41) is 3.87. The molecule has 1 N–H and O–H groups in total. The maximum absolute atomic E-state index is 5.85. The van der Waals surface area contributed by atoms with Gasteiger partial charge in [0.15, 0.2) is 0 Å². The highest BCUT2D eigenvalue weighted by molar-refractivity contribution is 6.30. The van der Waals surface area contributed by atoms with Crippen LogP contribution in [-0.4, -0.2) is 12.0 Å². The molecule has 0 saturated heterocycles. The third-order valence-corrected chi connectivity index (χ3v) is 2.09. The molecule has 1 aromatic heterocycles. The standard InChI is InChI=1S/C10H13ClN2/c1-3-4-9(12-2)10-7-8(11)5-6-13-10/h3,5-7,9,12H,1,4H2,2H3. The lowest BCUT2D eigenvalue weighted by Crippen LogP contribution is -2.16. The van der Waals surface area contributed by atoms with Crippen molar-refractivity contribution < 1.29 is 0 Å². The van der Waals surface area contributed by atoms with Crippen molar-refractivity contribution in [2.45, 2.75) is 12.5 Å². The molecular weight excluding hydrogens is 184 g/mol. The minimum atomic E-state index is 0.205. The van der Waals surface area contributed by atoms with E-state index in [9.17, 15) is 0 Å². The Hall–Kier alpha value is -0.860. The van der Waals surface area contributed by atoms with Crippen LogP contribution < -0.4 is 5.32 Å². The van der Waals surface area contributed by atoms with Crippen LogP contribution in [0.4, 0.5) is 0 Å². The van der Waals surface area contributed by atoms with Gasteiger partial charge < -0.3 is 5.32 Å². The van der Waals surface area contributed by atoms with Crippen molar-refractivity contribution in [3.63, 3.8) is 0 Å². The molecule has 0 radical (unpaired) electrons. The summed E-state index contributed by atoms with van der Waals surface area (Å²) < 4.78 is 0. The van der Waals surface area contributed by atoms with Crippen molar-refractivity contribution in [3.8, 4) is 0 Å². The summed E-state index contributed by atoms with van der Waals surface area (Å²) in [4.78, 5) is 4.23. The number of halogens is 1. The summed E-state index contributed by atoms with van der Waals surface area (Å²) in [6.07, 6.45) is 4.43. The van der Waals surface area contributed by atoms with Crippen LogP contribution in [0.1, 0.15) is 18.2 Å². The SMILES string of the molecule is C=CCC(NC)c1cc(Cl)ccn1. The number of nitrogens with one attached hydrogen (secondary N) is 1. The monoisotopic (exact) mass is 196 g/mol. The number of nitrogens with zero attached hydrogens (tertiary/aromatic N) is 1. The van der Waals surface area contributed by atoms with Gasteiger partial charge in [0.25, 0.3) is 0 Å². The predicted octanol–water partition coefficient (Wildman–Crippen LogP) is 2.57.